The summed E-state index contributed by atoms with van der Waals surface area (Å²) in [5.74, 6) is 1.34. The van der Waals surface area contributed by atoms with Crippen molar-refractivity contribution < 1.29 is 9.47 Å². The van der Waals surface area contributed by atoms with Gasteiger partial charge in [0, 0.05) is 16.6 Å². The maximum absolute atomic E-state index is 6.04. The van der Waals surface area contributed by atoms with Crippen LogP contribution >= 0.6 is 11.6 Å². The van der Waals surface area contributed by atoms with Crippen LogP contribution in [0.15, 0.2) is 84.1 Å². The van der Waals surface area contributed by atoms with Gasteiger partial charge in [-0.1, -0.05) is 41.9 Å². The van der Waals surface area contributed by atoms with E-state index < -0.39 is 0 Å². The molecule has 0 bridgehead atoms. The predicted molar refractivity (Wildman–Crippen MR) is 122 cm³/mol. The van der Waals surface area contributed by atoms with E-state index in [1.54, 1.807) is 19.5 Å². The van der Waals surface area contributed by atoms with Gasteiger partial charge in [0.25, 0.3) is 0 Å². The van der Waals surface area contributed by atoms with Crippen LogP contribution in [0.1, 0.15) is 11.1 Å². The lowest BCUT2D eigenvalue weighted by Crippen LogP contribution is -1.98. The van der Waals surface area contributed by atoms with Gasteiger partial charge in [0.1, 0.15) is 6.61 Å². The molecule has 0 amide bonds. The Bertz CT molecular complexity index is 1180. The zero-order chi connectivity index (χ0) is 20.8. The van der Waals surface area contributed by atoms with E-state index in [0.29, 0.717) is 23.1 Å². The van der Waals surface area contributed by atoms with E-state index in [1.165, 1.54) is 0 Å². The standard InChI is InChI=1S/C24H20ClN3O2/c1-29-24-13-18(7-10-23(24)30-16-17-5-3-2-4-6-17)15-27-28-21-11-12-26-22-14-19(25)8-9-20(21)22/h2-15H,16H2,1H3,(H,26,28). The number of nitrogens with zero attached hydrogens (tertiary/aromatic N) is 2. The van der Waals surface area contributed by atoms with Gasteiger partial charge in [-0.25, -0.2) is 0 Å². The third-order valence-electron chi connectivity index (χ3n) is 4.53. The molecule has 6 heteroatoms. The highest BCUT2D eigenvalue weighted by atomic mass is 35.5. The van der Waals surface area contributed by atoms with Gasteiger partial charge in [-0.05, 0) is 53.6 Å². The quantitative estimate of drug-likeness (QED) is 0.299. The number of nitrogens with one attached hydrogen (secondary N) is 1. The summed E-state index contributed by atoms with van der Waals surface area (Å²) in [6.45, 7) is 0.478. The fraction of sp³-hybridized carbons (Fsp3) is 0.0833. The van der Waals surface area contributed by atoms with E-state index in [1.807, 2.05) is 72.8 Å². The summed E-state index contributed by atoms with van der Waals surface area (Å²) in [5.41, 5.74) is 6.71. The lowest BCUT2D eigenvalue weighted by atomic mass is 10.2. The van der Waals surface area contributed by atoms with E-state index >= 15 is 0 Å². The number of benzene rings is 3. The van der Waals surface area contributed by atoms with E-state index in [0.717, 1.165) is 27.7 Å². The minimum absolute atomic E-state index is 0.478. The molecule has 0 aliphatic heterocycles. The summed E-state index contributed by atoms with van der Waals surface area (Å²) >= 11 is 6.04. The molecule has 0 spiro atoms. The molecular formula is C24H20ClN3O2. The molecule has 5 nitrogen and oxygen atoms in total. The van der Waals surface area contributed by atoms with E-state index in [4.69, 9.17) is 21.1 Å². The van der Waals surface area contributed by atoms with Gasteiger partial charge in [-0.15, -0.1) is 0 Å². The summed E-state index contributed by atoms with van der Waals surface area (Å²) in [6, 6.07) is 23.2. The van der Waals surface area contributed by atoms with Crippen molar-refractivity contribution >= 4 is 34.4 Å². The number of anilines is 1. The highest BCUT2D eigenvalue weighted by molar-refractivity contribution is 6.31. The summed E-state index contributed by atoms with van der Waals surface area (Å²) in [5, 5.41) is 5.95. The molecule has 0 atom stereocenters. The molecule has 4 aromatic rings. The third-order valence-corrected chi connectivity index (χ3v) is 4.76. The molecule has 0 saturated carbocycles. The van der Waals surface area contributed by atoms with Crippen LogP contribution in [0.4, 0.5) is 5.69 Å². The Morgan fingerprint density at radius 3 is 2.70 bits per heavy atom. The monoisotopic (exact) mass is 417 g/mol. The average Bonchev–Trinajstić information content (AvgIpc) is 2.78. The van der Waals surface area contributed by atoms with Crippen LogP contribution in [0.25, 0.3) is 10.9 Å². The molecular weight excluding hydrogens is 398 g/mol. The van der Waals surface area contributed by atoms with Crippen molar-refractivity contribution in [3.63, 3.8) is 0 Å². The Morgan fingerprint density at radius 2 is 1.87 bits per heavy atom. The number of hydrogen-bond acceptors (Lipinski definition) is 5. The van der Waals surface area contributed by atoms with Crippen LogP contribution in [-0.4, -0.2) is 18.3 Å². The highest BCUT2D eigenvalue weighted by Gasteiger charge is 2.06. The largest absolute Gasteiger partial charge is 0.493 e. The SMILES string of the molecule is COc1cc(C=NNc2ccnc3cc(Cl)ccc23)ccc1OCc1ccccc1. The zero-order valence-corrected chi connectivity index (χ0v) is 17.1. The van der Waals surface area contributed by atoms with E-state index in [9.17, 15) is 0 Å². The number of methoxy groups -OCH3 is 1. The van der Waals surface area contributed by atoms with Gasteiger partial charge >= 0.3 is 0 Å². The number of hydrogen-bond donors (Lipinski definition) is 1. The Labute approximate surface area is 179 Å². The van der Waals surface area contributed by atoms with Crippen LogP contribution in [-0.2, 0) is 6.61 Å². The summed E-state index contributed by atoms with van der Waals surface area (Å²) in [7, 11) is 1.62. The van der Waals surface area contributed by atoms with Crippen LogP contribution in [0.2, 0.25) is 5.02 Å². The van der Waals surface area contributed by atoms with Crippen LogP contribution < -0.4 is 14.9 Å². The van der Waals surface area contributed by atoms with Crippen molar-refractivity contribution in [1.29, 1.82) is 0 Å². The number of rotatable bonds is 7. The molecule has 3 aromatic carbocycles. The Balaban J connectivity index is 1.46. The first kappa shape index (κ1) is 19.7. The number of fused-ring (bicyclic) bond motifs is 1. The summed E-state index contributed by atoms with van der Waals surface area (Å²) in [4.78, 5) is 4.33. The number of hydrazone groups is 1. The van der Waals surface area contributed by atoms with Crippen LogP contribution in [0.3, 0.4) is 0 Å². The first-order valence-electron chi connectivity index (χ1n) is 9.41. The van der Waals surface area contributed by atoms with Crippen molar-refractivity contribution in [3.05, 3.63) is 95.1 Å². The van der Waals surface area contributed by atoms with Crippen molar-refractivity contribution in [2.75, 3.05) is 12.5 Å². The minimum atomic E-state index is 0.478. The van der Waals surface area contributed by atoms with Crippen molar-refractivity contribution in [2.24, 2.45) is 5.10 Å². The molecule has 1 N–H and O–H groups in total. The van der Waals surface area contributed by atoms with Gasteiger partial charge in [-0.2, -0.15) is 5.10 Å². The second kappa shape index (κ2) is 9.29. The molecule has 30 heavy (non-hydrogen) atoms. The first-order valence-corrected chi connectivity index (χ1v) is 9.79. The topological polar surface area (TPSA) is 55.7 Å². The number of halogens is 1. The molecule has 0 radical (unpaired) electrons. The Hall–Kier alpha value is -3.57. The highest BCUT2D eigenvalue weighted by Crippen LogP contribution is 2.28. The Morgan fingerprint density at radius 1 is 1.00 bits per heavy atom. The average molecular weight is 418 g/mol. The first-order chi connectivity index (χ1) is 14.7. The van der Waals surface area contributed by atoms with E-state index in [2.05, 4.69) is 15.5 Å². The van der Waals surface area contributed by atoms with Crippen LogP contribution in [0, 0.1) is 0 Å². The second-order valence-electron chi connectivity index (χ2n) is 6.57. The smallest absolute Gasteiger partial charge is 0.161 e. The second-order valence-corrected chi connectivity index (χ2v) is 7.01. The van der Waals surface area contributed by atoms with Gasteiger partial charge in [0.05, 0.1) is 24.5 Å². The Kier molecular flexibility index (Phi) is 6.11. The van der Waals surface area contributed by atoms with Crippen LogP contribution in [0.5, 0.6) is 11.5 Å². The number of ether oxygens (including phenoxy) is 2. The molecule has 0 aliphatic rings. The minimum Gasteiger partial charge on any atom is -0.493 e. The molecule has 0 fully saturated rings. The summed E-state index contributed by atoms with van der Waals surface area (Å²) < 4.78 is 11.4. The molecule has 4 rings (SSSR count). The third kappa shape index (κ3) is 4.70. The molecule has 0 aliphatic carbocycles. The lowest BCUT2D eigenvalue weighted by Gasteiger charge is -2.11. The number of aromatic nitrogens is 1. The maximum Gasteiger partial charge on any atom is 0.161 e. The van der Waals surface area contributed by atoms with Gasteiger partial charge < -0.3 is 9.47 Å². The molecule has 1 heterocycles. The number of pyridine rings is 1. The molecule has 0 saturated heterocycles. The maximum atomic E-state index is 6.04. The van der Waals surface area contributed by atoms with Crippen molar-refractivity contribution in [3.8, 4) is 11.5 Å². The zero-order valence-electron chi connectivity index (χ0n) is 16.4. The predicted octanol–water partition coefficient (Wildman–Crippen LogP) is 5.92. The molecule has 0 unspecified atom stereocenters. The van der Waals surface area contributed by atoms with E-state index in [-0.39, 0.29) is 0 Å². The van der Waals surface area contributed by atoms with Gasteiger partial charge in [-0.3, -0.25) is 10.4 Å². The van der Waals surface area contributed by atoms with Gasteiger partial charge in [0.2, 0.25) is 0 Å². The fourth-order valence-electron chi connectivity index (χ4n) is 3.01. The molecule has 1 aromatic heterocycles. The van der Waals surface area contributed by atoms with Gasteiger partial charge in [0.15, 0.2) is 11.5 Å². The summed E-state index contributed by atoms with van der Waals surface area (Å²) in [6.07, 6.45) is 3.45. The molecule has 150 valence electrons. The lowest BCUT2D eigenvalue weighted by molar-refractivity contribution is 0.284. The van der Waals surface area contributed by atoms with Crippen molar-refractivity contribution in [2.45, 2.75) is 6.61 Å². The van der Waals surface area contributed by atoms with Crippen molar-refractivity contribution in [1.82, 2.24) is 4.98 Å². The fourth-order valence-corrected chi connectivity index (χ4v) is 3.18. The normalized spacial score (nSPS) is 11.0.